The van der Waals surface area contributed by atoms with Crippen molar-refractivity contribution in [2.45, 2.75) is 19.5 Å². The molecule has 0 aliphatic carbocycles. The van der Waals surface area contributed by atoms with Crippen LogP contribution in [0, 0.1) is 0 Å². The number of rotatable bonds is 6. The summed E-state index contributed by atoms with van der Waals surface area (Å²) in [6, 6.07) is 11.8. The first-order valence-electron chi connectivity index (χ1n) is 5.79. The van der Waals surface area contributed by atoms with Crippen LogP contribution in [0.25, 0.3) is 0 Å². The molecular formula is C13H17N3O. The van der Waals surface area contributed by atoms with Crippen LogP contribution in [0.3, 0.4) is 0 Å². The van der Waals surface area contributed by atoms with Crippen LogP contribution in [0.4, 0.5) is 0 Å². The van der Waals surface area contributed by atoms with E-state index in [9.17, 15) is 0 Å². The standard InChI is InChI=1S/C13H17N3O/c14-11-12-7-9-16(15-12)8-4-10-17-13-5-2-1-3-6-13/h1-3,5-7,9H,4,8,10-11,14H2. The van der Waals surface area contributed by atoms with E-state index in [0.717, 1.165) is 24.4 Å². The summed E-state index contributed by atoms with van der Waals surface area (Å²) in [6.45, 7) is 2.04. The molecule has 0 fully saturated rings. The van der Waals surface area contributed by atoms with Crippen molar-refractivity contribution < 1.29 is 4.74 Å². The summed E-state index contributed by atoms with van der Waals surface area (Å²) in [5, 5.41) is 4.31. The molecular weight excluding hydrogens is 214 g/mol. The molecule has 4 heteroatoms. The summed E-state index contributed by atoms with van der Waals surface area (Å²) in [6.07, 6.45) is 2.88. The number of ether oxygens (including phenoxy) is 1. The minimum Gasteiger partial charge on any atom is -0.494 e. The van der Waals surface area contributed by atoms with E-state index in [1.807, 2.05) is 47.3 Å². The van der Waals surface area contributed by atoms with E-state index < -0.39 is 0 Å². The molecule has 0 aliphatic heterocycles. The van der Waals surface area contributed by atoms with Crippen molar-refractivity contribution in [2.24, 2.45) is 5.73 Å². The second kappa shape index (κ2) is 6.06. The molecule has 0 saturated carbocycles. The number of aryl methyl sites for hydroxylation is 1. The van der Waals surface area contributed by atoms with E-state index in [0.29, 0.717) is 13.2 Å². The molecule has 1 aromatic carbocycles. The van der Waals surface area contributed by atoms with Crippen LogP contribution >= 0.6 is 0 Å². The topological polar surface area (TPSA) is 53.1 Å². The van der Waals surface area contributed by atoms with Crippen LogP contribution in [0.5, 0.6) is 5.75 Å². The van der Waals surface area contributed by atoms with Gasteiger partial charge >= 0.3 is 0 Å². The molecule has 0 spiro atoms. The number of para-hydroxylation sites is 1. The first-order valence-corrected chi connectivity index (χ1v) is 5.79. The van der Waals surface area contributed by atoms with Crippen molar-refractivity contribution in [1.29, 1.82) is 0 Å². The Morgan fingerprint density at radius 3 is 2.71 bits per heavy atom. The zero-order valence-corrected chi connectivity index (χ0v) is 9.75. The van der Waals surface area contributed by atoms with Gasteiger partial charge in [0.15, 0.2) is 0 Å². The Morgan fingerprint density at radius 2 is 2.00 bits per heavy atom. The van der Waals surface area contributed by atoms with Gasteiger partial charge in [-0.3, -0.25) is 4.68 Å². The molecule has 90 valence electrons. The quantitative estimate of drug-likeness (QED) is 0.771. The maximum Gasteiger partial charge on any atom is 0.119 e. The average molecular weight is 231 g/mol. The molecule has 0 amide bonds. The van der Waals surface area contributed by atoms with Gasteiger partial charge in [-0.15, -0.1) is 0 Å². The van der Waals surface area contributed by atoms with E-state index >= 15 is 0 Å². The Bertz CT molecular complexity index is 439. The summed E-state index contributed by atoms with van der Waals surface area (Å²) in [7, 11) is 0. The molecule has 1 heterocycles. The van der Waals surface area contributed by atoms with Crippen molar-refractivity contribution in [3.8, 4) is 5.75 Å². The second-order valence-electron chi connectivity index (χ2n) is 3.79. The molecule has 1 aromatic heterocycles. The minimum absolute atomic E-state index is 0.494. The molecule has 2 N–H and O–H groups in total. The number of nitrogens with zero attached hydrogens (tertiary/aromatic N) is 2. The third-order valence-corrected chi connectivity index (χ3v) is 2.45. The van der Waals surface area contributed by atoms with Gasteiger partial charge in [-0.05, 0) is 18.2 Å². The maximum absolute atomic E-state index is 5.60. The minimum atomic E-state index is 0.494. The van der Waals surface area contributed by atoms with Crippen LogP contribution in [0.15, 0.2) is 42.6 Å². The molecule has 0 unspecified atom stereocenters. The number of nitrogens with two attached hydrogens (primary N) is 1. The van der Waals surface area contributed by atoms with E-state index in [1.54, 1.807) is 0 Å². The number of hydrogen-bond donors (Lipinski definition) is 1. The normalized spacial score (nSPS) is 10.4. The van der Waals surface area contributed by atoms with Crippen LogP contribution < -0.4 is 10.5 Å². The van der Waals surface area contributed by atoms with E-state index in [4.69, 9.17) is 10.5 Å². The number of hydrogen-bond acceptors (Lipinski definition) is 3. The number of benzene rings is 1. The Labute approximate surface area is 101 Å². The first-order chi connectivity index (χ1) is 8.38. The zero-order chi connectivity index (χ0) is 11.9. The highest BCUT2D eigenvalue weighted by atomic mass is 16.5. The van der Waals surface area contributed by atoms with Gasteiger partial charge in [0, 0.05) is 25.7 Å². The first kappa shape index (κ1) is 11.7. The van der Waals surface area contributed by atoms with Gasteiger partial charge in [0.25, 0.3) is 0 Å². The van der Waals surface area contributed by atoms with Crippen LogP contribution in [-0.4, -0.2) is 16.4 Å². The predicted octanol–water partition coefficient (Wildman–Crippen LogP) is 1.81. The zero-order valence-electron chi connectivity index (χ0n) is 9.75. The Morgan fingerprint density at radius 1 is 1.18 bits per heavy atom. The summed E-state index contributed by atoms with van der Waals surface area (Å²) < 4.78 is 7.49. The molecule has 0 saturated heterocycles. The fraction of sp³-hybridized carbons (Fsp3) is 0.308. The van der Waals surface area contributed by atoms with Crippen molar-refractivity contribution in [1.82, 2.24) is 9.78 Å². The largest absolute Gasteiger partial charge is 0.494 e. The monoisotopic (exact) mass is 231 g/mol. The molecule has 2 aromatic rings. The summed E-state index contributed by atoms with van der Waals surface area (Å²) in [4.78, 5) is 0. The third kappa shape index (κ3) is 3.60. The van der Waals surface area contributed by atoms with Crippen LogP contribution in [0.2, 0.25) is 0 Å². The smallest absolute Gasteiger partial charge is 0.119 e. The van der Waals surface area contributed by atoms with Gasteiger partial charge < -0.3 is 10.5 Å². The van der Waals surface area contributed by atoms with Gasteiger partial charge in [0.1, 0.15) is 5.75 Å². The Hall–Kier alpha value is -1.81. The van der Waals surface area contributed by atoms with Gasteiger partial charge in [0.2, 0.25) is 0 Å². The Balaban J connectivity index is 1.69. The van der Waals surface area contributed by atoms with Gasteiger partial charge in [-0.25, -0.2) is 0 Å². The third-order valence-electron chi connectivity index (χ3n) is 2.45. The SMILES string of the molecule is NCc1ccn(CCCOc2ccccc2)n1. The summed E-state index contributed by atoms with van der Waals surface area (Å²) in [5.41, 5.74) is 6.42. The lowest BCUT2D eigenvalue weighted by atomic mass is 10.3. The average Bonchev–Trinajstić information content (AvgIpc) is 2.84. The molecule has 2 rings (SSSR count). The fourth-order valence-electron chi connectivity index (χ4n) is 1.57. The van der Waals surface area contributed by atoms with Crippen molar-refractivity contribution in [2.75, 3.05) is 6.61 Å². The summed E-state index contributed by atoms with van der Waals surface area (Å²) in [5.74, 6) is 0.913. The van der Waals surface area contributed by atoms with Gasteiger partial charge in [0.05, 0.1) is 12.3 Å². The fourth-order valence-corrected chi connectivity index (χ4v) is 1.57. The molecule has 0 radical (unpaired) electrons. The lowest BCUT2D eigenvalue weighted by Crippen LogP contribution is -2.06. The van der Waals surface area contributed by atoms with Crippen LogP contribution in [0.1, 0.15) is 12.1 Å². The highest BCUT2D eigenvalue weighted by Gasteiger charge is 1.97. The van der Waals surface area contributed by atoms with Gasteiger partial charge in [-0.1, -0.05) is 18.2 Å². The molecule has 0 atom stereocenters. The highest BCUT2D eigenvalue weighted by molar-refractivity contribution is 5.20. The Kier molecular flexibility index (Phi) is 4.16. The lowest BCUT2D eigenvalue weighted by molar-refractivity contribution is 0.298. The molecule has 17 heavy (non-hydrogen) atoms. The van der Waals surface area contributed by atoms with Crippen LogP contribution in [-0.2, 0) is 13.1 Å². The molecule has 0 bridgehead atoms. The van der Waals surface area contributed by atoms with Crippen molar-refractivity contribution in [3.05, 3.63) is 48.3 Å². The van der Waals surface area contributed by atoms with Gasteiger partial charge in [-0.2, -0.15) is 5.10 Å². The lowest BCUT2D eigenvalue weighted by Gasteiger charge is -2.05. The van der Waals surface area contributed by atoms with E-state index in [2.05, 4.69) is 5.10 Å². The van der Waals surface area contributed by atoms with E-state index in [1.165, 1.54) is 0 Å². The molecule has 4 nitrogen and oxygen atoms in total. The molecule has 0 aliphatic rings. The number of aromatic nitrogens is 2. The van der Waals surface area contributed by atoms with E-state index in [-0.39, 0.29) is 0 Å². The van der Waals surface area contributed by atoms with Crippen molar-refractivity contribution >= 4 is 0 Å². The highest BCUT2D eigenvalue weighted by Crippen LogP contribution is 2.08. The summed E-state index contributed by atoms with van der Waals surface area (Å²) >= 11 is 0. The maximum atomic E-state index is 5.60. The second-order valence-corrected chi connectivity index (χ2v) is 3.79. The predicted molar refractivity (Wildman–Crippen MR) is 66.7 cm³/mol. The van der Waals surface area contributed by atoms with Crippen molar-refractivity contribution in [3.63, 3.8) is 0 Å².